The molecule has 0 aliphatic heterocycles. The van der Waals surface area contributed by atoms with Gasteiger partial charge in [0.15, 0.2) is 0 Å². The van der Waals surface area contributed by atoms with E-state index in [4.69, 9.17) is 0 Å². The summed E-state index contributed by atoms with van der Waals surface area (Å²) in [5, 5.41) is 6.22. The SMILES string of the molecule is O=C(CNc1ccccc1)NC1Cc2ccccc2C1. The highest BCUT2D eigenvalue weighted by atomic mass is 16.1. The Morgan fingerprint density at radius 3 is 2.20 bits per heavy atom. The Balaban J connectivity index is 1.49. The Labute approximate surface area is 119 Å². The maximum absolute atomic E-state index is 11.9. The number of hydrogen-bond donors (Lipinski definition) is 2. The third kappa shape index (κ3) is 2.99. The van der Waals surface area contributed by atoms with Gasteiger partial charge in [0.1, 0.15) is 0 Å². The van der Waals surface area contributed by atoms with Crippen LogP contribution in [0.15, 0.2) is 54.6 Å². The smallest absolute Gasteiger partial charge is 0.239 e. The molecule has 0 saturated carbocycles. The van der Waals surface area contributed by atoms with E-state index in [0.717, 1.165) is 18.5 Å². The van der Waals surface area contributed by atoms with E-state index in [9.17, 15) is 4.79 Å². The number of benzene rings is 2. The molecule has 1 amide bonds. The van der Waals surface area contributed by atoms with E-state index in [-0.39, 0.29) is 11.9 Å². The second-order valence-electron chi connectivity index (χ2n) is 5.16. The number of rotatable bonds is 4. The topological polar surface area (TPSA) is 41.1 Å². The zero-order chi connectivity index (χ0) is 13.8. The van der Waals surface area contributed by atoms with Crippen molar-refractivity contribution < 1.29 is 4.79 Å². The van der Waals surface area contributed by atoms with E-state index < -0.39 is 0 Å². The van der Waals surface area contributed by atoms with Crippen molar-refractivity contribution in [3.63, 3.8) is 0 Å². The highest BCUT2D eigenvalue weighted by Gasteiger charge is 2.21. The van der Waals surface area contributed by atoms with Crippen LogP contribution in [-0.2, 0) is 17.6 Å². The third-order valence-electron chi connectivity index (χ3n) is 3.64. The lowest BCUT2D eigenvalue weighted by Crippen LogP contribution is -2.38. The van der Waals surface area contributed by atoms with Crippen LogP contribution in [0.2, 0.25) is 0 Å². The van der Waals surface area contributed by atoms with Gasteiger partial charge in [-0.05, 0) is 36.1 Å². The van der Waals surface area contributed by atoms with Crippen LogP contribution in [0.3, 0.4) is 0 Å². The Morgan fingerprint density at radius 1 is 0.950 bits per heavy atom. The van der Waals surface area contributed by atoms with Crippen molar-refractivity contribution in [1.82, 2.24) is 5.32 Å². The van der Waals surface area contributed by atoms with E-state index in [1.54, 1.807) is 0 Å². The molecule has 0 spiro atoms. The largest absolute Gasteiger partial charge is 0.376 e. The molecule has 0 radical (unpaired) electrons. The first-order valence-electron chi connectivity index (χ1n) is 6.96. The monoisotopic (exact) mass is 266 g/mol. The molecule has 102 valence electrons. The molecule has 2 N–H and O–H groups in total. The van der Waals surface area contributed by atoms with Crippen LogP contribution in [0, 0.1) is 0 Å². The zero-order valence-corrected chi connectivity index (χ0v) is 11.3. The number of carbonyl (C=O) groups is 1. The van der Waals surface area contributed by atoms with Crippen LogP contribution < -0.4 is 10.6 Å². The number of anilines is 1. The summed E-state index contributed by atoms with van der Waals surface area (Å²) in [5.74, 6) is 0.0478. The Morgan fingerprint density at radius 2 is 1.55 bits per heavy atom. The molecule has 2 aromatic rings. The molecule has 2 aromatic carbocycles. The van der Waals surface area contributed by atoms with Gasteiger partial charge in [-0.1, -0.05) is 42.5 Å². The Bertz CT molecular complexity index is 570. The Hall–Kier alpha value is -2.29. The van der Waals surface area contributed by atoms with Gasteiger partial charge in [0.05, 0.1) is 6.54 Å². The lowest BCUT2D eigenvalue weighted by atomic mass is 10.1. The maximum Gasteiger partial charge on any atom is 0.239 e. The minimum absolute atomic E-state index is 0.0478. The lowest BCUT2D eigenvalue weighted by molar-refractivity contribution is -0.120. The van der Waals surface area contributed by atoms with Crippen molar-refractivity contribution in [2.24, 2.45) is 0 Å². The van der Waals surface area contributed by atoms with Crippen molar-refractivity contribution in [1.29, 1.82) is 0 Å². The van der Waals surface area contributed by atoms with Gasteiger partial charge < -0.3 is 10.6 Å². The average molecular weight is 266 g/mol. The van der Waals surface area contributed by atoms with Crippen molar-refractivity contribution in [3.05, 3.63) is 65.7 Å². The first-order chi connectivity index (χ1) is 9.81. The van der Waals surface area contributed by atoms with E-state index in [2.05, 4.69) is 34.9 Å². The quantitative estimate of drug-likeness (QED) is 0.892. The highest BCUT2D eigenvalue weighted by Crippen LogP contribution is 2.21. The van der Waals surface area contributed by atoms with Crippen LogP contribution in [0.5, 0.6) is 0 Å². The van der Waals surface area contributed by atoms with Gasteiger partial charge in [-0.15, -0.1) is 0 Å². The van der Waals surface area contributed by atoms with E-state index in [1.165, 1.54) is 11.1 Å². The summed E-state index contributed by atoms with van der Waals surface area (Å²) in [6.07, 6.45) is 1.88. The van der Waals surface area contributed by atoms with Crippen LogP contribution in [0.25, 0.3) is 0 Å². The van der Waals surface area contributed by atoms with Gasteiger partial charge in [-0.3, -0.25) is 4.79 Å². The van der Waals surface area contributed by atoms with Crippen LogP contribution in [-0.4, -0.2) is 18.5 Å². The maximum atomic E-state index is 11.9. The normalized spacial score (nSPS) is 13.8. The summed E-state index contributed by atoms with van der Waals surface area (Å²) >= 11 is 0. The van der Waals surface area contributed by atoms with Crippen molar-refractivity contribution in [2.45, 2.75) is 18.9 Å². The van der Waals surface area contributed by atoms with Crippen molar-refractivity contribution in [3.8, 4) is 0 Å². The second kappa shape index (κ2) is 5.78. The molecular weight excluding hydrogens is 248 g/mol. The molecule has 0 atom stereocenters. The van der Waals surface area contributed by atoms with Crippen molar-refractivity contribution >= 4 is 11.6 Å². The number of para-hydroxylation sites is 1. The summed E-state index contributed by atoms with van der Waals surface area (Å²) in [6.45, 7) is 0.316. The molecule has 3 nitrogen and oxygen atoms in total. The number of carbonyl (C=O) groups excluding carboxylic acids is 1. The standard InChI is InChI=1S/C17H18N2O/c20-17(12-18-15-8-2-1-3-9-15)19-16-10-13-6-4-5-7-14(13)11-16/h1-9,16,18H,10-12H2,(H,19,20). The van der Waals surface area contributed by atoms with Gasteiger partial charge in [0.25, 0.3) is 0 Å². The average Bonchev–Trinajstić information content (AvgIpc) is 2.88. The third-order valence-corrected chi connectivity index (χ3v) is 3.64. The molecule has 0 bridgehead atoms. The molecule has 1 aliphatic rings. The molecule has 20 heavy (non-hydrogen) atoms. The van der Waals surface area contributed by atoms with E-state index in [1.807, 2.05) is 30.3 Å². The molecule has 0 unspecified atom stereocenters. The fourth-order valence-corrected chi connectivity index (χ4v) is 2.68. The minimum Gasteiger partial charge on any atom is -0.376 e. The van der Waals surface area contributed by atoms with Gasteiger partial charge in [-0.2, -0.15) is 0 Å². The number of amides is 1. The minimum atomic E-state index is 0.0478. The molecular formula is C17H18N2O. The van der Waals surface area contributed by atoms with E-state index >= 15 is 0 Å². The summed E-state index contributed by atoms with van der Waals surface area (Å²) in [5.41, 5.74) is 3.68. The second-order valence-corrected chi connectivity index (χ2v) is 5.16. The summed E-state index contributed by atoms with van der Waals surface area (Å²) in [7, 11) is 0. The first kappa shape index (κ1) is 12.7. The van der Waals surface area contributed by atoms with Gasteiger partial charge in [-0.25, -0.2) is 0 Å². The van der Waals surface area contributed by atoms with Gasteiger partial charge >= 0.3 is 0 Å². The molecule has 0 heterocycles. The highest BCUT2D eigenvalue weighted by molar-refractivity contribution is 5.81. The van der Waals surface area contributed by atoms with Crippen molar-refractivity contribution in [2.75, 3.05) is 11.9 Å². The van der Waals surface area contributed by atoms with Gasteiger partial charge in [0.2, 0.25) is 5.91 Å². The molecule has 1 aliphatic carbocycles. The van der Waals surface area contributed by atoms with E-state index in [0.29, 0.717) is 6.54 Å². The van der Waals surface area contributed by atoms with Crippen LogP contribution in [0.4, 0.5) is 5.69 Å². The van der Waals surface area contributed by atoms with Crippen LogP contribution >= 0.6 is 0 Å². The first-order valence-corrected chi connectivity index (χ1v) is 6.96. The zero-order valence-electron chi connectivity index (χ0n) is 11.3. The molecule has 3 heteroatoms. The lowest BCUT2D eigenvalue weighted by Gasteiger charge is -2.13. The summed E-state index contributed by atoms with van der Waals surface area (Å²) in [6, 6.07) is 18.4. The predicted molar refractivity (Wildman–Crippen MR) is 80.7 cm³/mol. The number of nitrogens with one attached hydrogen (secondary N) is 2. The predicted octanol–water partition coefficient (Wildman–Crippen LogP) is 2.38. The number of hydrogen-bond acceptors (Lipinski definition) is 2. The fourth-order valence-electron chi connectivity index (χ4n) is 2.68. The molecule has 0 aromatic heterocycles. The molecule has 0 fully saturated rings. The molecule has 0 saturated heterocycles. The summed E-state index contributed by atoms with van der Waals surface area (Å²) < 4.78 is 0. The Kier molecular flexibility index (Phi) is 3.68. The van der Waals surface area contributed by atoms with Crippen LogP contribution in [0.1, 0.15) is 11.1 Å². The fraction of sp³-hybridized carbons (Fsp3) is 0.235. The summed E-state index contributed by atoms with van der Waals surface area (Å²) in [4.78, 5) is 11.9. The molecule has 3 rings (SSSR count). The number of fused-ring (bicyclic) bond motifs is 1. The van der Waals surface area contributed by atoms with Gasteiger partial charge in [0, 0.05) is 11.7 Å².